The van der Waals surface area contributed by atoms with Gasteiger partial charge in [-0.3, -0.25) is 9.59 Å². The summed E-state index contributed by atoms with van der Waals surface area (Å²) < 4.78 is 26.6. The van der Waals surface area contributed by atoms with E-state index in [0.717, 1.165) is 5.56 Å². The molecule has 3 aromatic rings. The number of benzene rings is 3. The van der Waals surface area contributed by atoms with Crippen LogP contribution < -0.4 is 34.3 Å². The van der Waals surface area contributed by atoms with Crippen molar-refractivity contribution in [3.8, 4) is 28.7 Å². The molecule has 0 saturated heterocycles. The minimum absolute atomic E-state index is 0.132. The molecule has 0 radical (unpaired) electrons. The zero-order valence-electron chi connectivity index (χ0n) is 18.8. The first kappa shape index (κ1) is 22.1. The van der Waals surface area contributed by atoms with Crippen LogP contribution in [0.15, 0.2) is 66.7 Å². The number of hydrogen-bond donors (Lipinski definition) is 2. The topological polar surface area (TPSA) is 104 Å². The third kappa shape index (κ3) is 4.98. The Balaban J connectivity index is 1.33. The normalized spacial score (nSPS) is 14.0. The van der Waals surface area contributed by atoms with E-state index in [2.05, 4.69) is 10.6 Å². The van der Waals surface area contributed by atoms with Gasteiger partial charge >= 0.3 is 0 Å². The van der Waals surface area contributed by atoms with Crippen molar-refractivity contribution in [2.75, 3.05) is 26.0 Å². The molecule has 1 unspecified atom stereocenters. The number of methoxy groups -OCH3 is 1. The van der Waals surface area contributed by atoms with E-state index in [1.165, 1.54) is 6.08 Å². The Morgan fingerprint density at radius 2 is 1.51 bits per heavy atom. The summed E-state index contributed by atoms with van der Waals surface area (Å²) in [4.78, 5) is 26.0. The van der Waals surface area contributed by atoms with Gasteiger partial charge in [0.25, 0.3) is 5.91 Å². The van der Waals surface area contributed by atoms with Gasteiger partial charge in [-0.25, -0.2) is 0 Å². The molecule has 9 heteroatoms. The lowest BCUT2D eigenvalue weighted by atomic mass is 10.1. The third-order valence-electron chi connectivity index (χ3n) is 5.46. The molecule has 1 atom stereocenters. The zero-order valence-corrected chi connectivity index (χ0v) is 18.8. The van der Waals surface area contributed by atoms with Gasteiger partial charge in [0.2, 0.25) is 19.5 Å². The molecule has 178 valence electrons. The van der Waals surface area contributed by atoms with E-state index >= 15 is 0 Å². The fraction of sp³-hybridized carbons (Fsp3) is 0.154. The van der Waals surface area contributed by atoms with Crippen LogP contribution in [0.2, 0.25) is 0 Å². The van der Waals surface area contributed by atoms with Crippen LogP contribution in [0.25, 0.3) is 6.08 Å². The number of nitrogens with one attached hydrogen (secondary N) is 2. The van der Waals surface area contributed by atoms with Crippen LogP contribution in [0.5, 0.6) is 28.7 Å². The monoisotopic (exact) mass is 474 g/mol. The van der Waals surface area contributed by atoms with E-state index in [4.69, 9.17) is 23.7 Å². The summed E-state index contributed by atoms with van der Waals surface area (Å²) in [6.07, 6.45) is 3.00. The number of rotatable bonds is 7. The molecule has 2 aliphatic rings. The van der Waals surface area contributed by atoms with Crippen molar-refractivity contribution in [2.45, 2.75) is 6.04 Å². The smallest absolute Gasteiger partial charge is 0.251 e. The van der Waals surface area contributed by atoms with Crippen LogP contribution >= 0.6 is 0 Å². The number of amides is 2. The minimum Gasteiger partial charge on any atom is -0.497 e. The lowest BCUT2D eigenvalue weighted by molar-refractivity contribution is -0.123. The Bertz CT molecular complexity index is 1290. The predicted molar refractivity (Wildman–Crippen MR) is 127 cm³/mol. The van der Waals surface area contributed by atoms with Gasteiger partial charge in [0.1, 0.15) is 11.8 Å². The number of hydrogen-bond acceptors (Lipinski definition) is 7. The molecule has 35 heavy (non-hydrogen) atoms. The Hall–Kier alpha value is -4.66. The van der Waals surface area contributed by atoms with E-state index in [0.29, 0.717) is 40.0 Å². The summed E-state index contributed by atoms with van der Waals surface area (Å²) in [6.45, 7) is 0.304. The van der Waals surface area contributed by atoms with Crippen molar-refractivity contribution in [3.63, 3.8) is 0 Å². The van der Waals surface area contributed by atoms with E-state index in [-0.39, 0.29) is 13.6 Å². The molecule has 0 bridgehead atoms. The molecule has 2 heterocycles. The number of anilines is 1. The van der Waals surface area contributed by atoms with Crippen LogP contribution in [-0.4, -0.2) is 32.5 Å². The Morgan fingerprint density at radius 3 is 2.23 bits per heavy atom. The van der Waals surface area contributed by atoms with Gasteiger partial charge in [-0.1, -0.05) is 18.2 Å². The molecule has 3 aromatic carbocycles. The number of carbonyl (C=O) groups excluding carboxylic acids is 2. The Kier molecular flexibility index (Phi) is 6.13. The van der Waals surface area contributed by atoms with Gasteiger partial charge in [0.05, 0.1) is 7.11 Å². The maximum atomic E-state index is 13.2. The highest BCUT2D eigenvalue weighted by Crippen LogP contribution is 2.35. The number of fused-ring (bicyclic) bond motifs is 2. The molecule has 0 spiro atoms. The number of ether oxygens (including phenoxy) is 5. The quantitative estimate of drug-likeness (QED) is 0.504. The molecular weight excluding hydrogens is 452 g/mol. The summed E-state index contributed by atoms with van der Waals surface area (Å²) in [7, 11) is 1.56. The van der Waals surface area contributed by atoms with E-state index in [1.54, 1.807) is 67.8 Å². The number of carbonyl (C=O) groups is 2. The molecule has 0 aliphatic carbocycles. The fourth-order valence-corrected chi connectivity index (χ4v) is 3.66. The standard InChI is InChI=1S/C26H22N2O7/c1-31-19-7-4-17(5-8-19)25(26(30)27-18-6-10-21-23(13-18)35-15-33-21)28-24(29)11-3-16-2-9-20-22(12-16)34-14-32-20/h2-13,25H,14-15H2,1H3,(H,27,30)(H,28,29)/b11-3-. The first-order valence-corrected chi connectivity index (χ1v) is 10.8. The fourth-order valence-electron chi connectivity index (χ4n) is 3.66. The van der Waals surface area contributed by atoms with Gasteiger partial charge in [0, 0.05) is 17.8 Å². The van der Waals surface area contributed by atoms with Crippen LogP contribution in [0.3, 0.4) is 0 Å². The molecule has 2 amide bonds. The van der Waals surface area contributed by atoms with Crippen LogP contribution in [0.1, 0.15) is 17.2 Å². The average Bonchev–Trinajstić information content (AvgIpc) is 3.55. The van der Waals surface area contributed by atoms with Gasteiger partial charge in [-0.2, -0.15) is 0 Å². The minimum atomic E-state index is -0.958. The molecule has 0 aromatic heterocycles. The van der Waals surface area contributed by atoms with Gasteiger partial charge in [0.15, 0.2) is 23.0 Å². The van der Waals surface area contributed by atoms with Gasteiger partial charge in [-0.15, -0.1) is 0 Å². The summed E-state index contributed by atoms with van der Waals surface area (Å²) in [5.41, 5.74) is 1.87. The molecule has 9 nitrogen and oxygen atoms in total. The second-order valence-corrected chi connectivity index (χ2v) is 7.72. The van der Waals surface area contributed by atoms with Gasteiger partial charge in [-0.05, 0) is 53.6 Å². The lowest BCUT2D eigenvalue weighted by Gasteiger charge is -2.18. The molecule has 2 N–H and O–H groups in total. The van der Waals surface area contributed by atoms with E-state index < -0.39 is 17.9 Å². The maximum absolute atomic E-state index is 13.2. The second-order valence-electron chi connectivity index (χ2n) is 7.72. The Labute approximate surface area is 201 Å². The van der Waals surface area contributed by atoms with Crippen LogP contribution in [-0.2, 0) is 9.59 Å². The summed E-state index contributed by atoms with van der Waals surface area (Å²) in [6, 6.07) is 16.4. The van der Waals surface area contributed by atoms with Crippen LogP contribution in [0.4, 0.5) is 5.69 Å². The van der Waals surface area contributed by atoms with Crippen molar-refractivity contribution >= 4 is 23.6 Å². The van der Waals surface area contributed by atoms with Crippen molar-refractivity contribution in [2.24, 2.45) is 0 Å². The molecule has 2 aliphatic heterocycles. The predicted octanol–water partition coefficient (Wildman–Crippen LogP) is 3.66. The zero-order chi connectivity index (χ0) is 24.2. The maximum Gasteiger partial charge on any atom is 0.251 e. The summed E-state index contributed by atoms with van der Waals surface area (Å²) in [5, 5.41) is 5.61. The van der Waals surface area contributed by atoms with E-state index in [1.807, 2.05) is 6.07 Å². The first-order chi connectivity index (χ1) is 17.1. The Morgan fingerprint density at radius 1 is 0.857 bits per heavy atom. The SMILES string of the molecule is COc1ccc(C(NC(=O)/C=C\c2ccc3c(c2)OCO3)C(=O)Nc2ccc3c(c2)OCO3)cc1. The van der Waals surface area contributed by atoms with Crippen molar-refractivity contribution < 1.29 is 33.3 Å². The molecular formula is C26H22N2O7. The van der Waals surface area contributed by atoms with Crippen molar-refractivity contribution in [3.05, 3.63) is 77.9 Å². The van der Waals surface area contributed by atoms with Crippen LogP contribution in [0, 0.1) is 0 Å². The largest absolute Gasteiger partial charge is 0.497 e. The summed E-state index contributed by atoms with van der Waals surface area (Å²) in [5.74, 6) is 2.20. The molecule has 5 rings (SSSR count). The van der Waals surface area contributed by atoms with Gasteiger partial charge < -0.3 is 34.3 Å². The molecule has 0 saturated carbocycles. The van der Waals surface area contributed by atoms with E-state index in [9.17, 15) is 9.59 Å². The molecule has 0 fully saturated rings. The average molecular weight is 474 g/mol. The summed E-state index contributed by atoms with van der Waals surface area (Å²) >= 11 is 0. The first-order valence-electron chi connectivity index (χ1n) is 10.8. The lowest BCUT2D eigenvalue weighted by Crippen LogP contribution is -2.36. The second kappa shape index (κ2) is 9.68. The highest BCUT2D eigenvalue weighted by molar-refractivity contribution is 6.00. The third-order valence-corrected chi connectivity index (χ3v) is 5.46. The van der Waals surface area contributed by atoms with Crippen molar-refractivity contribution in [1.29, 1.82) is 0 Å². The van der Waals surface area contributed by atoms with Crippen molar-refractivity contribution in [1.82, 2.24) is 5.32 Å². The highest BCUT2D eigenvalue weighted by atomic mass is 16.7. The highest BCUT2D eigenvalue weighted by Gasteiger charge is 2.23.